The van der Waals surface area contributed by atoms with Crippen LogP contribution in [0.15, 0.2) is 6.07 Å². The molecule has 1 heterocycles. The molecule has 0 saturated carbocycles. The molecule has 0 fully saturated rings. The van der Waals surface area contributed by atoms with E-state index in [0.717, 1.165) is 12.1 Å². The first-order valence-corrected chi connectivity index (χ1v) is 5.04. The minimum atomic E-state index is 0.137. The molecule has 1 atom stereocenters. The molecule has 0 aromatic carbocycles. The molecule has 0 amide bonds. The van der Waals surface area contributed by atoms with Gasteiger partial charge < -0.3 is 10.1 Å². The third-order valence-electron chi connectivity index (χ3n) is 3.07. The fourth-order valence-corrected chi connectivity index (χ4v) is 2.35. The Kier molecular flexibility index (Phi) is 2.16. The number of hydrogen-bond donors (Lipinski definition) is 2. The van der Waals surface area contributed by atoms with Crippen LogP contribution in [-0.4, -0.2) is 10.1 Å². The lowest BCUT2D eigenvalue weighted by Crippen LogP contribution is -2.01. The summed E-state index contributed by atoms with van der Waals surface area (Å²) in [5.41, 5.74) is 3.76. The van der Waals surface area contributed by atoms with Gasteiger partial charge in [-0.1, -0.05) is 13.8 Å². The van der Waals surface area contributed by atoms with Gasteiger partial charge in [0, 0.05) is 11.4 Å². The van der Waals surface area contributed by atoms with Gasteiger partial charge in [-0.15, -0.1) is 0 Å². The van der Waals surface area contributed by atoms with E-state index in [9.17, 15) is 0 Å². The largest absolute Gasteiger partial charge is 0.390 e. The Morgan fingerprint density at radius 2 is 2.38 bits per heavy atom. The van der Waals surface area contributed by atoms with Crippen molar-refractivity contribution in [1.82, 2.24) is 4.98 Å². The molecule has 13 heavy (non-hydrogen) atoms. The van der Waals surface area contributed by atoms with Gasteiger partial charge in [0.2, 0.25) is 0 Å². The van der Waals surface area contributed by atoms with Crippen molar-refractivity contribution in [3.63, 3.8) is 0 Å². The van der Waals surface area contributed by atoms with Crippen LogP contribution in [0, 0.1) is 5.92 Å². The number of nitrogens with one attached hydrogen (secondary N) is 1. The molecule has 0 aliphatic heterocycles. The summed E-state index contributed by atoms with van der Waals surface area (Å²) in [6.45, 7) is 4.68. The second-order valence-electron chi connectivity index (χ2n) is 4.28. The van der Waals surface area contributed by atoms with Gasteiger partial charge in [-0.3, -0.25) is 0 Å². The molecule has 1 unspecified atom stereocenters. The van der Waals surface area contributed by atoms with E-state index in [2.05, 4.69) is 24.9 Å². The van der Waals surface area contributed by atoms with Gasteiger partial charge in [0.1, 0.15) is 0 Å². The molecule has 1 aromatic rings. The number of H-pyrrole nitrogens is 1. The normalized spacial score (nSPS) is 21.1. The van der Waals surface area contributed by atoms with Gasteiger partial charge in [-0.25, -0.2) is 0 Å². The van der Waals surface area contributed by atoms with Crippen molar-refractivity contribution in [1.29, 1.82) is 0 Å². The summed E-state index contributed by atoms with van der Waals surface area (Å²) in [4.78, 5) is 3.28. The third-order valence-corrected chi connectivity index (χ3v) is 3.07. The zero-order valence-electron chi connectivity index (χ0n) is 8.30. The third kappa shape index (κ3) is 1.39. The highest BCUT2D eigenvalue weighted by atomic mass is 16.3. The number of fused-ring (bicyclic) bond motifs is 1. The van der Waals surface area contributed by atoms with Crippen LogP contribution in [0.3, 0.4) is 0 Å². The van der Waals surface area contributed by atoms with Gasteiger partial charge >= 0.3 is 0 Å². The van der Waals surface area contributed by atoms with E-state index in [4.69, 9.17) is 5.11 Å². The topological polar surface area (TPSA) is 36.0 Å². The molecule has 0 saturated heterocycles. The average molecular weight is 179 g/mol. The van der Waals surface area contributed by atoms with Crippen molar-refractivity contribution in [2.24, 2.45) is 5.92 Å². The molecular weight excluding hydrogens is 162 g/mol. The summed E-state index contributed by atoms with van der Waals surface area (Å²) in [5.74, 6) is 1.41. The number of aliphatic hydroxyl groups excluding tert-OH is 1. The lowest BCUT2D eigenvalue weighted by atomic mass is 9.91. The second kappa shape index (κ2) is 3.18. The number of rotatable bonds is 2. The van der Waals surface area contributed by atoms with Crippen molar-refractivity contribution in [2.45, 2.75) is 39.2 Å². The van der Waals surface area contributed by atoms with E-state index in [1.54, 1.807) is 0 Å². The first-order chi connectivity index (χ1) is 6.22. The quantitative estimate of drug-likeness (QED) is 0.717. The maximum absolute atomic E-state index is 8.99. The van der Waals surface area contributed by atoms with Crippen LogP contribution >= 0.6 is 0 Å². The highest BCUT2D eigenvalue weighted by Crippen LogP contribution is 2.38. The Morgan fingerprint density at radius 1 is 1.62 bits per heavy atom. The van der Waals surface area contributed by atoms with Crippen molar-refractivity contribution in [3.8, 4) is 0 Å². The van der Waals surface area contributed by atoms with Crippen molar-refractivity contribution >= 4 is 0 Å². The van der Waals surface area contributed by atoms with Gasteiger partial charge in [-0.05, 0) is 36.3 Å². The van der Waals surface area contributed by atoms with Crippen molar-refractivity contribution in [3.05, 3.63) is 23.0 Å². The van der Waals surface area contributed by atoms with Gasteiger partial charge in [0.15, 0.2) is 0 Å². The fourth-order valence-electron chi connectivity index (χ4n) is 2.35. The minimum Gasteiger partial charge on any atom is -0.390 e. The molecule has 0 spiro atoms. The van der Waals surface area contributed by atoms with E-state index in [-0.39, 0.29) is 6.61 Å². The number of hydrogen-bond acceptors (Lipinski definition) is 1. The van der Waals surface area contributed by atoms with E-state index in [0.29, 0.717) is 11.8 Å². The van der Waals surface area contributed by atoms with Crippen LogP contribution in [0.25, 0.3) is 0 Å². The zero-order chi connectivity index (χ0) is 9.42. The summed E-state index contributed by atoms with van der Waals surface area (Å²) in [7, 11) is 0. The molecule has 1 aliphatic rings. The maximum Gasteiger partial charge on any atom is 0.0830 e. The molecule has 72 valence electrons. The van der Waals surface area contributed by atoms with Gasteiger partial charge in [-0.2, -0.15) is 0 Å². The summed E-state index contributed by atoms with van der Waals surface area (Å²) < 4.78 is 0. The summed E-state index contributed by atoms with van der Waals surface area (Å²) in [5, 5.41) is 8.99. The second-order valence-corrected chi connectivity index (χ2v) is 4.28. The Balaban J connectivity index is 2.30. The Hall–Kier alpha value is -0.760. The number of aliphatic hydroxyl groups is 1. The summed E-state index contributed by atoms with van der Waals surface area (Å²) in [6.07, 6.45) is 2.42. The van der Waals surface area contributed by atoms with Gasteiger partial charge in [0.25, 0.3) is 0 Å². The van der Waals surface area contributed by atoms with Crippen LogP contribution < -0.4 is 0 Å². The predicted molar refractivity (Wildman–Crippen MR) is 52.6 cm³/mol. The monoisotopic (exact) mass is 179 g/mol. The van der Waals surface area contributed by atoms with E-state index in [1.807, 2.05) is 0 Å². The number of aromatic amines is 1. The van der Waals surface area contributed by atoms with Crippen molar-refractivity contribution < 1.29 is 5.11 Å². The zero-order valence-corrected chi connectivity index (χ0v) is 8.30. The summed E-state index contributed by atoms with van der Waals surface area (Å²) in [6, 6.07) is 2.13. The molecule has 1 aromatic heterocycles. The lowest BCUT2D eigenvalue weighted by molar-refractivity contribution is 0.277. The average Bonchev–Trinajstić information content (AvgIpc) is 2.59. The molecular formula is C11H17NO. The highest BCUT2D eigenvalue weighted by Gasteiger charge is 2.26. The number of aryl methyl sites for hydroxylation is 1. The standard InChI is InChI=1S/C11H17NO/c1-7(2)9-3-4-11-10(9)5-8(6-13)12-11/h5,7,9,12-13H,3-4,6H2,1-2H3. The van der Waals surface area contributed by atoms with Gasteiger partial charge in [0.05, 0.1) is 6.61 Å². The van der Waals surface area contributed by atoms with E-state index in [1.165, 1.54) is 17.7 Å². The molecule has 1 aliphatic carbocycles. The Labute approximate surface area is 79.0 Å². The molecule has 2 rings (SSSR count). The van der Waals surface area contributed by atoms with Crippen LogP contribution in [0.4, 0.5) is 0 Å². The maximum atomic E-state index is 8.99. The Bertz CT molecular complexity index is 301. The van der Waals surface area contributed by atoms with E-state index >= 15 is 0 Å². The van der Waals surface area contributed by atoms with Crippen LogP contribution in [0.5, 0.6) is 0 Å². The minimum absolute atomic E-state index is 0.137. The predicted octanol–water partition coefficient (Wildman–Crippen LogP) is 2.19. The van der Waals surface area contributed by atoms with E-state index < -0.39 is 0 Å². The van der Waals surface area contributed by atoms with Crippen LogP contribution in [0.2, 0.25) is 0 Å². The van der Waals surface area contributed by atoms with Crippen molar-refractivity contribution in [2.75, 3.05) is 0 Å². The van der Waals surface area contributed by atoms with Crippen LogP contribution in [0.1, 0.15) is 43.1 Å². The first kappa shape index (κ1) is 8.82. The SMILES string of the molecule is CC(C)C1CCc2[nH]c(CO)cc21. The molecule has 2 nitrogen and oxygen atoms in total. The molecule has 0 bridgehead atoms. The highest BCUT2D eigenvalue weighted by molar-refractivity contribution is 5.34. The lowest BCUT2D eigenvalue weighted by Gasteiger charge is -2.13. The Morgan fingerprint density at radius 3 is 3.00 bits per heavy atom. The fraction of sp³-hybridized carbons (Fsp3) is 0.636. The summed E-state index contributed by atoms with van der Waals surface area (Å²) >= 11 is 0. The first-order valence-electron chi connectivity index (χ1n) is 5.04. The molecule has 2 N–H and O–H groups in total. The molecule has 0 radical (unpaired) electrons. The number of aromatic nitrogens is 1. The molecule has 2 heteroatoms. The smallest absolute Gasteiger partial charge is 0.0830 e. The van der Waals surface area contributed by atoms with Crippen LogP contribution in [-0.2, 0) is 13.0 Å².